The number of nitrogens with one attached hydrogen (secondary N) is 1. The standard InChI is InChI=1S/C35H48N4O5/c1-33(2,3)44-32(42)39-15-14-23-25(12-9-13-26(23)39)37-17-24-30(40)36-16-27(43-18-22-10-7-6-8-11-22)28-29(34(28,4)5)31(41)38-20-35(24,19-37)21-38/h9,12-15,22,24,27-29H,6-8,10-11,16-21H2,1-5H3,(H,36,40)/t24-,27-,28?,29+/m0/s1. The molecule has 9 heteroatoms. The lowest BCUT2D eigenvalue weighted by Gasteiger charge is -2.50. The van der Waals surface area contributed by atoms with E-state index in [0.29, 0.717) is 45.2 Å². The van der Waals surface area contributed by atoms with Crippen LogP contribution in [0.3, 0.4) is 0 Å². The first-order chi connectivity index (χ1) is 20.9. The van der Waals surface area contributed by atoms with E-state index in [9.17, 15) is 14.4 Å². The molecule has 6 aliphatic rings. The molecule has 4 aliphatic heterocycles. The first-order valence-electron chi connectivity index (χ1n) is 16.6. The zero-order chi connectivity index (χ0) is 31.0. The lowest BCUT2D eigenvalue weighted by Crippen LogP contribution is -2.64. The number of ether oxygens (including phenoxy) is 2. The molecule has 8 rings (SSSR count). The third kappa shape index (κ3) is 4.99. The summed E-state index contributed by atoms with van der Waals surface area (Å²) in [5.74, 6) is 0.669. The summed E-state index contributed by atoms with van der Waals surface area (Å²) in [6.45, 7) is 13.6. The minimum absolute atomic E-state index is 0.0567. The molecule has 2 aromatic rings. The van der Waals surface area contributed by atoms with Gasteiger partial charge in [0.05, 0.1) is 17.5 Å². The Morgan fingerprint density at radius 2 is 1.75 bits per heavy atom. The van der Waals surface area contributed by atoms with Crippen LogP contribution in [0.2, 0.25) is 0 Å². The number of nitrogens with zero attached hydrogens (tertiary/aromatic N) is 3. The minimum Gasteiger partial charge on any atom is -0.443 e. The molecular weight excluding hydrogens is 556 g/mol. The molecule has 9 nitrogen and oxygen atoms in total. The number of rotatable bonds is 4. The fourth-order valence-electron chi connectivity index (χ4n) is 8.87. The Morgan fingerprint density at radius 3 is 2.48 bits per heavy atom. The summed E-state index contributed by atoms with van der Waals surface area (Å²) < 4.78 is 13.8. The van der Waals surface area contributed by atoms with Crippen molar-refractivity contribution >= 4 is 34.5 Å². The van der Waals surface area contributed by atoms with Crippen LogP contribution in [0.4, 0.5) is 10.5 Å². The maximum Gasteiger partial charge on any atom is 0.418 e. The monoisotopic (exact) mass is 604 g/mol. The number of fused-ring (bicyclic) bond motifs is 4. The average Bonchev–Trinajstić information content (AvgIpc) is 3.27. The first kappa shape index (κ1) is 29.6. The predicted molar refractivity (Wildman–Crippen MR) is 168 cm³/mol. The van der Waals surface area contributed by atoms with Crippen LogP contribution in [0, 0.1) is 34.5 Å². The molecule has 0 radical (unpaired) electrons. The van der Waals surface area contributed by atoms with Crippen molar-refractivity contribution in [2.75, 3.05) is 44.2 Å². The molecule has 1 spiro atoms. The van der Waals surface area contributed by atoms with Crippen molar-refractivity contribution in [3.8, 4) is 0 Å². The van der Waals surface area contributed by atoms with E-state index in [4.69, 9.17) is 9.47 Å². The Bertz CT molecular complexity index is 1460. The van der Waals surface area contributed by atoms with E-state index in [0.717, 1.165) is 16.6 Å². The zero-order valence-corrected chi connectivity index (χ0v) is 26.9. The number of carbonyl (C=O) groups is 3. The van der Waals surface area contributed by atoms with Crippen molar-refractivity contribution in [1.29, 1.82) is 0 Å². The summed E-state index contributed by atoms with van der Waals surface area (Å²) in [5.41, 5.74) is 0.734. The number of anilines is 1. The van der Waals surface area contributed by atoms with Crippen LogP contribution in [0.15, 0.2) is 30.5 Å². The quantitative estimate of drug-likeness (QED) is 0.525. The van der Waals surface area contributed by atoms with Crippen molar-refractivity contribution in [2.45, 2.75) is 78.4 Å². The smallest absolute Gasteiger partial charge is 0.418 e. The Hall–Kier alpha value is -3.07. The van der Waals surface area contributed by atoms with E-state index < -0.39 is 11.7 Å². The van der Waals surface area contributed by atoms with E-state index in [1.807, 2.05) is 43.9 Å². The minimum atomic E-state index is -0.598. The van der Waals surface area contributed by atoms with Crippen LogP contribution >= 0.6 is 0 Å². The highest BCUT2D eigenvalue weighted by atomic mass is 16.6. The lowest BCUT2D eigenvalue weighted by atomic mass is 9.71. The van der Waals surface area contributed by atoms with Gasteiger partial charge in [-0.3, -0.25) is 14.2 Å². The largest absolute Gasteiger partial charge is 0.443 e. The summed E-state index contributed by atoms with van der Waals surface area (Å²) in [4.78, 5) is 45.1. The second kappa shape index (κ2) is 10.5. The molecule has 1 aromatic carbocycles. The van der Waals surface area contributed by atoms with Gasteiger partial charge in [0.15, 0.2) is 0 Å². The first-order valence-corrected chi connectivity index (χ1v) is 16.6. The number of carbonyl (C=O) groups excluding carboxylic acids is 3. The lowest BCUT2D eigenvalue weighted by molar-refractivity contribution is -0.151. The molecule has 2 saturated carbocycles. The van der Waals surface area contributed by atoms with E-state index in [2.05, 4.69) is 30.1 Å². The van der Waals surface area contributed by atoms with Gasteiger partial charge in [-0.25, -0.2) is 4.79 Å². The summed E-state index contributed by atoms with van der Waals surface area (Å²) in [6.07, 6.45) is 7.44. The summed E-state index contributed by atoms with van der Waals surface area (Å²) >= 11 is 0. The van der Waals surface area contributed by atoms with Crippen molar-refractivity contribution in [2.24, 2.45) is 34.5 Å². The number of benzene rings is 1. The van der Waals surface area contributed by atoms with Crippen LogP contribution in [0.1, 0.15) is 66.7 Å². The van der Waals surface area contributed by atoms with Gasteiger partial charge in [0.2, 0.25) is 11.8 Å². The van der Waals surface area contributed by atoms with Crippen molar-refractivity contribution in [1.82, 2.24) is 14.8 Å². The third-order valence-corrected chi connectivity index (χ3v) is 11.3. The van der Waals surface area contributed by atoms with Crippen LogP contribution in [-0.2, 0) is 19.1 Å². The highest BCUT2D eigenvalue weighted by Gasteiger charge is 2.68. The number of hydrogen-bond donors (Lipinski definition) is 1. The van der Waals surface area contributed by atoms with Gasteiger partial charge in [0.1, 0.15) is 5.60 Å². The fraction of sp³-hybridized carbons (Fsp3) is 0.686. The second-order valence-corrected chi connectivity index (χ2v) is 15.8. The van der Waals surface area contributed by atoms with E-state index in [1.54, 1.807) is 10.8 Å². The van der Waals surface area contributed by atoms with E-state index in [1.165, 1.54) is 32.1 Å². The van der Waals surface area contributed by atoms with E-state index >= 15 is 0 Å². The number of aromatic nitrogens is 1. The molecule has 2 aliphatic carbocycles. The molecule has 44 heavy (non-hydrogen) atoms. The summed E-state index contributed by atoms with van der Waals surface area (Å²) in [6, 6.07) is 7.90. The topological polar surface area (TPSA) is 93.1 Å². The Labute approximate surface area is 260 Å². The van der Waals surface area contributed by atoms with Gasteiger partial charge in [-0.2, -0.15) is 0 Å². The van der Waals surface area contributed by atoms with Gasteiger partial charge >= 0.3 is 6.09 Å². The molecule has 1 N–H and O–H groups in total. The predicted octanol–water partition coefficient (Wildman–Crippen LogP) is 5.06. The van der Waals surface area contributed by atoms with Crippen LogP contribution < -0.4 is 10.2 Å². The van der Waals surface area contributed by atoms with Crippen molar-refractivity contribution in [3.63, 3.8) is 0 Å². The Balaban J connectivity index is 1.13. The SMILES string of the molecule is CC(C)(C)OC(=O)n1ccc2c(N3C[C@H]4C(=O)NC[C@H](OCC5CCCCC5)C5[C@H](C(=O)N6CC4(C6)C3)C5(C)C)cccc21. The normalized spacial score (nSPS) is 29.8. The maximum absolute atomic E-state index is 14.0. The van der Waals surface area contributed by atoms with E-state index in [-0.39, 0.29) is 46.5 Å². The van der Waals surface area contributed by atoms with Gasteiger partial charge in [0, 0.05) is 73.9 Å². The number of hydrogen-bond acceptors (Lipinski definition) is 6. The third-order valence-electron chi connectivity index (χ3n) is 11.3. The Morgan fingerprint density at radius 1 is 1.02 bits per heavy atom. The molecule has 6 fully saturated rings. The molecule has 238 valence electrons. The average molecular weight is 605 g/mol. The number of amides is 2. The van der Waals surface area contributed by atoms with Gasteiger partial charge < -0.3 is 24.6 Å². The fourth-order valence-corrected chi connectivity index (χ4v) is 8.87. The van der Waals surface area contributed by atoms with Crippen molar-refractivity contribution < 1.29 is 23.9 Å². The maximum atomic E-state index is 14.0. The second-order valence-electron chi connectivity index (χ2n) is 15.8. The summed E-state index contributed by atoms with van der Waals surface area (Å²) in [7, 11) is 0. The zero-order valence-electron chi connectivity index (χ0n) is 26.9. The molecule has 1 unspecified atom stereocenters. The molecule has 5 heterocycles. The molecule has 1 aromatic heterocycles. The molecule has 2 bridgehead atoms. The molecule has 4 saturated heterocycles. The highest BCUT2D eigenvalue weighted by Crippen LogP contribution is 2.62. The van der Waals surface area contributed by atoms with Crippen LogP contribution in [0.5, 0.6) is 0 Å². The van der Waals surface area contributed by atoms with Crippen LogP contribution in [0.25, 0.3) is 10.9 Å². The van der Waals surface area contributed by atoms with Gasteiger partial charge in [0.25, 0.3) is 0 Å². The van der Waals surface area contributed by atoms with Gasteiger partial charge in [-0.1, -0.05) is 39.2 Å². The summed E-state index contributed by atoms with van der Waals surface area (Å²) in [5, 5.41) is 4.26. The molecule has 4 atom stereocenters. The van der Waals surface area contributed by atoms with Gasteiger partial charge in [-0.15, -0.1) is 0 Å². The molecule has 2 amide bonds. The highest BCUT2D eigenvalue weighted by molar-refractivity contribution is 5.98. The molecular formula is C35H48N4O5. The van der Waals surface area contributed by atoms with Crippen LogP contribution in [-0.4, -0.2) is 78.4 Å². The Kier molecular flexibility index (Phi) is 7.07. The van der Waals surface area contributed by atoms with Crippen molar-refractivity contribution in [3.05, 3.63) is 30.5 Å². The van der Waals surface area contributed by atoms with Gasteiger partial charge in [-0.05, 0) is 63.1 Å².